The molecule has 2 rings (SSSR count). The van der Waals surface area contributed by atoms with Crippen LogP contribution < -0.4 is 15.5 Å². The molecule has 0 bridgehead atoms. The van der Waals surface area contributed by atoms with E-state index in [0.29, 0.717) is 11.4 Å². The van der Waals surface area contributed by atoms with Crippen molar-refractivity contribution in [2.45, 2.75) is 33.8 Å². The van der Waals surface area contributed by atoms with E-state index < -0.39 is 12.0 Å². The molecule has 148 valence electrons. The number of carbonyl (C=O) groups excluding carboxylic acids is 2. The van der Waals surface area contributed by atoms with Crippen LogP contribution in [0.4, 0.5) is 10.5 Å². The van der Waals surface area contributed by atoms with Crippen LogP contribution >= 0.6 is 0 Å². The molecule has 7 nitrogen and oxygen atoms in total. The van der Waals surface area contributed by atoms with E-state index in [9.17, 15) is 9.59 Å². The number of anilines is 1. The number of amides is 2. The minimum absolute atomic E-state index is 0.147. The average Bonchev–Trinajstić information content (AvgIpc) is 2.59. The number of hydrogen-bond acceptors (Lipinski definition) is 5. The molecule has 0 atom stereocenters. The van der Waals surface area contributed by atoms with E-state index in [1.54, 1.807) is 38.1 Å². The van der Waals surface area contributed by atoms with E-state index in [1.807, 2.05) is 32.0 Å². The van der Waals surface area contributed by atoms with E-state index in [-0.39, 0.29) is 12.7 Å². The standard InChI is InChI=1S/C21H25N3O4/c1-14(2)28-20(25)13-27-19-7-5-17(6-8-19)12-22-24-21(26)23-18-10-15(3)9-16(4)11-18/h5-12,14H,13H2,1-4H3,(H2,23,24,26)/b22-12+. The lowest BCUT2D eigenvalue weighted by molar-refractivity contribution is -0.149. The summed E-state index contributed by atoms with van der Waals surface area (Å²) in [5.41, 5.74) is 6.03. The van der Waals surface area contributed by atoms with Gasteiger partial charge in [-0.2, -0.15) is 5.10 Å². The number of ether oxygens (including phenoxy) is 2. The van der Waals surface area contributed by atoms with Crippen molar-refractivity contribution < 1.29 is 19.1 Å². The van der Waals surface area contributed by atoms with Crippen LogP contribution in [-0.4, -0.2) is 30.9 Å². The number of nitrogens with one attached hydrogen (secondary N) is 2. The molecule has 0 saturated carbocycles. The molecule has 2 aromatic carbocycles. The summed E-state index contributed by atoms with van der Waals surface area (Å²) in [6, 6.07) is 12.3. The lowest BCUT2D eigenvalue weighted by Gasteiger charge is -2.09. The molecule has 0 heterocycles. The van der Waals surface area contributed by atoms with Crippen molar-refractivity contribution in [3.8, 4) is 5.75 Å². The molecule has 2 amide bonds. The van der Waals surface area contributed by atoms with Crippen LogP contribution in [0.15, 0.2) is 47.6 Å². The number of hydrazone groups is 1. The highest BCUT2D eigenvalue weighted by molar-refractivity contribution is 5.90. The van der Waals surface area contributed by atoms with Gasteiger partial charge in [-0.15, -0.1) is 0 Å². The summed E-state index contributed by atoms with van der Waals surface area (Å²) in [6.07, 6.45) is 1.34. The zero-order valence-corrected chi connectivity index (χ0v) is 16.5. The molecular weight excluding hydrogens is 358 g/mol. The van der Waals surface area contributed by atoms with Crippen molar-refractivity contribution in [3.63, 3.8) is 0 Å². The summed E-state index contributed by atoms with van der Waals surface area (Å²) < 4.78 is 10.3. The van der Waals surface area contributed by atoms with Gasteiger partial charge in [0.05, 0.1) is 12.3 Å². The number of benzene rings is 2. The maximum absolute atomic E-state index is 11.9. The Hall–Kier alpha value is -3.35. The SMILES string of the molecule is Cc1cc(C)cc(NC(=O)N/N=C/c2ccc(OCC(=O)OC(C)C)cc2)c1. The fourth-order valence-electron chi connectivity index (χ4n) is 2.46. The van der Waals surface area contributed by atoms with Crippen molar-refractivity contribution in [2.75, 3.05) is 11.9 Å². The highest BCUT2D eigenvalue weighted by atomic mass is 16.6. The molecule has 0 fully saturated rings. The Balaban J connectivity index is 1.80. The van der Waals surface area contributed by atoms with Gasteiger partial charge < -0.3 is 14.8 Å². The van der Waals surface area contributed by atoms with Crippen LogP contribution in [0.3, 0.4) is 0 Å². The molecule has 0 aliphatic heterocycles. The quantitative estimate of drug-likeness (QED) is 0.432. The van der Waals surface area contributed by atoms with E-state index in [0.717, 1.165) is 16.7 Å². The maximum Gasteiger partial charge on any atom is 0.344 e. The molecule has 28 heavy (non-hydrogen) atoms. The van der Waals surface area contributed by atoms with Gasteiger partial charge in [0.1, 0.15) is 5.75 Å². The first-order valence-corrected chi connectivity index (χ1v) is 8.92. The summed E-state index contributed by atoms with van der Waals surface area (Å²) in [5.74, 6) is 0.123. The van der Waals surface area contributed by atoms with Gasteiger partial charge in [0.25, 0.3) is 0 Å². The molecule has 0 unspecified atom stereocenters. The van der Waals surface area contributed by atoms with E-state index in [1.165, 1.54) is 6.21 Å². The largest absolute Gasteiger partial charge is 0.482 e. The second kappa shape index (κ2) is 10.1. The molecule has 0 aliphatic carbocycles. The minimum atomic E-state index is -0.426. The normalized spacial score (nSPS) is 10.8. The van der Waals surface area contributed by atoms with Gasteiger partial charge in [0.15, 0.2) is 6.61 Å². The minimum Gasteiger partial charge on any atom is -0.482 e. The summed E-state index contributed by atoms with van der Waals surface area (Å²) in [7, 11) is 0. The molecule has 7 heteroatoms. The number of nitrogens with zero attached hydrogens (tertiary/aromatic N) is 1. The van der Waals surface area contributed by atoms with Crippen molar-refractivity contribution in [1.29, 1.82) is 0 Å². The van der Waals surface area contributed by atoms with Gasteiger partial charge in [-0.1, -0.05) is 6.07 Å². The van der Waals surface area contributed by atoms with E-state index >= 15 is 0 Å². The summed E-state index contributed by atoms with van der Waals surface area (Å²) in [4.78, 5) is 23.4. The van der Waals surface area contributed by atoms with E-state index in [4.69, 9.17) is 9.47 Å². The van der Waals surface area contributed by atoms with Crippen molar-refractivity contribution in [1.82, 2.24) is 5.43 Å². The predicted octanol–water partition coefficient (Wildman–Crippen LogP) is 3.79. The van der Waals surface area contributed by atoms with Gasteiger partial charge in [-0.05, 0) is 80.8 Å². The monoisotopic (exact) mass is 383 g/mol. The number of hydrogen-bond donors (Lipinski definition) is 2. The number of urea groups is 1. The number of aryl methyl sites for hydroxylation is 2. The Bertz CT molecular complexity index is 825. The molecule has 0 radical (unpaired) electrons. The van der Waals surface area contributed by atoms with Crippen LogP contribution in [0, 0.1) is 13.8 Å². The van der Waals surface area contributed by atoms with Crippen LogP contribution in [-0.2, 0) is 9.53 Å². The molecule has 0 aromatic heterocycles. The fourth-order valence-corrected chi connectivity index (χ4v) is 2.46. The topological polar surface area (TPSA) is 89.0 Å². The smallest absolute Gasteiger partial charge is 0.344 e. The number of rotatable bonds is 7. The second-order valence-electron chi connectivity index (χ2n) is 6.60. The third kappa shape index (κ3) is 7.49. The van der Waals surface area contributed by atoms with Crippen LogP contribution in [0.1, 0.15) is 30.5 Å². The first-order valence-electron chi connectivity index (χ1n) is 8.92. The summed E-state index contributed by atoms with van der Waals surface area (Å²) in [6.45, 7) is 7.35. The zero-order valence-electron chi connectivity index (χ0n) is 16.5. The van der Waals surface area contributed by atoms with Gasteiger partial charge in [0, 0.05) is 5.69 Å². The summed E-state index contributed by atoms with van der Waals surface area (Å²) >= 11 is 0. The van der Waals surface area contributed by atoms with Crippen molar-refractivity contribution >= 4 is 23.9 Å². The number of carbonyl (C=O) groups is 2. The lowest BCUT2D eigenvalue weighted by atomic mass is 10.1. The van der Waals surface area contributed by atoms with Crippen molar-refractivity contribution in [3.05, 3.63) is 59.2 Å². The van der Waals surface area contributed by atoms with Crippen LogP contribution in [0.25, 0.3) is 0 Å². The third-order valence-electron chi connectivity index (χ3n) is 3.46. The fraction of sp³-hybridized carbons (Fsp3) is 0.286. The Morgan fingerprint density at radius 2 is 1.71 bits per heavy atom. The third-order valence-corrected chi connectivity index (χ3v) is 3.46. The Kier molecular flexibility index (Phi) is 7.56. The first-order chi connectivity index (χ1) is 13.3. The lowest BCUT2D eigenvalue weighted by Crippen LogP contribution is -2.24. The second-order valence-corrected chi connectivity index (χ2v) is 6.60. The molecule has 2 aromatic rings. The average molecular weight is 383 g/mol. The number of esters is 1. The van der Waals surface area contributed by atoms with Crippen LogP contribution in [0.2, 0.25) is 0 Å². The zero-order chi connectivity index (χ0) is 20.5. The molecule has 0 saturated heterocycles. The highest BCUT2D eigenvalue weighted by Gasteiger charge is 2.06. The van der Waals surface area contributed by atoms with Crippen molar-refractivity contribution in [2.24, 2.45) is 5.10 Å². The first kappa shape index (κ1) is 21.0. The van der Waals surface area contributed by atoms with Gasteiger partial charge >= 0.3 is 12.0 Å². The Labute approximate surface area is 164 Å². The van der Waals surface area contributed by atoms with Gasteiger partial charge in [-0.3, -0.25) is 0 Å². The molecular formula is C21H25N3O4. The Morgan fingerprint density at radius 1 is 1.07 bits per heavy atom. The molecule has 2 N–H and O–H groups in total. The predicted molar refractivity (Wildman–Crippen MR) is 109 cm³/mol. The van der Waals surface area contributed by atoms with Gasteiger partial charge in [0.2, 0.25) is 0 Å². The maximum atomic E-state index is 11.9. The molecule has 0 aliphatic rings. The molecule has 0 spiro atoms. The Morgan fingerprint density at radius 3 is 2.32 bits per heavy atom. The summed E-state index contributed by atoms with van der Waals surface area (Å²) in [5, 5.41) is 6.65. The van der Waals surface area contributed by atoms with Crippen LogP contribution in [0.5, 0.6) is 5.75 Å². The van der Waals surface area contributed by atoms with E-state index in [2.05, 4.69) is 15.8 Å². The van der Waals surface area contributed by atoms with Gasteiger partial charge in [-0.25, -0.2) is 15.0 Å². The highest BCUT2D eigenvalue weighted by Crippen LogP contribution is 2.13.